The summed E-state index contributed by atoms with van der Waals surface area (Å²) < 4.78 is 33.9. The van der Waals surface area contributed by atoms with Gasteiger partial charge in [0.1, 0.15) is 10.6 Å². The average Bonchev–Trinajstić information content (AvgIpc) is 3.08. The molecule has 0 aliphatic carbocycles. The normalized spacial score (nSPS) is 17.0. The quantitative estimate of drug-likeness (QED) is 0.765. The van der Waals surface area contributed by atoms with Crippen LogP contribution < -0.4 is 10.1 Å². The topological polar surface area (TPSA) is 88.6 Å². The van der Waals surface area contributed by atoms with E-state index in [1.54, 1.807) is 30.6 Å². The molecular formula is C20H25N3O4S. The van der Waals surface area contributed by atoms with Gasteiger partial charge in [-0.1, -0.05) is 6.07 Å². The number of carbonyl (C=O) groups excluding carboxylic acids is 1. The number of methoxy groups -OCH3 is 1. The molecule has 0 unspecified atom stereocenters. The number of amides is 1. The third-order valence-corrected chi connectivity index (χ3v) is 6.82. The second kappa shape index (κ2) is 8.28. The predicted molar refractivity (Wildman–Crippen MR) is 105 cm³/mol. The van der Waals surface area contributed by atoms with E-state index < -0.39 is 10.0 Å². The molecule has 1 amide bonds. The molecule has 1 atom stereocenters. The van der Waals surface area contributed by atoms with Crippen LogP contribution in [0.25, 0.3) is 0 Å². The Kier molecular flexibility index (Phi) is 6.00. The minimum absolute atomic E-state index is 0.0486. The number of hydrogen-bond donors (Lipinski definition) is 1. The van der Waals surface area contributed by atoms with Gasteiger partial charge in [-0.15, -0.1) is 0 Å². The highest BCUT2D eigenvalue weighted by Crippen LogP contribution is 2.31. The number of nitrogens with one attached hydrogen (secondary N) is 1. The van der Waals surface area contributed by atoms with Gasteiger partial charge in [0, 0.05) is 37.9 Å². The van der Waals surface area contributed by atoms with Crippen LogP contribution in [-0.2, 0) is 21.4 Å². The van der Waals surface area contributed by atoms with Gasteiger partial charge in [-0.05, 0) is 55.2 Å². The summed E-state index contributed by atoms with van der Waals surface area (Å²) in [6, 6.07) is 6.78. The molecule has 7 nitrogen and oxygen atoms in total. The summed E-state index contributed by atoms with van der Waals surface area (Å²) in [5.74, 6) is 0.266. The molecule has 28 heavy (non-hydrogen) atoms. The van der Waals surface area contributed by atoms with Gasteiger partial charge in [-0.2, -0.15) is 4.31 Å². The van der Waals surface area contributed by atoms with E-state index in [9.17, 15) is 13.2 Å². The summed E-state index contributed by atoms with van der Waals surface area (Å²) >= 11 is 0. The zero-order valence-electron chi connectivity index (χ0n) is 16.3. The Morgan fingerprint density at radius 2 is 2.04 bits per heavy atom. The Labute approximate surface area is 165 Å². The second-order valence-electron chi connectivity index (χ2n) is 7.05. The lowest BCUT2D eigenvalue weighted by Gasteiger charge is -2.26. The number of aryl methyl sites for hydroxylation is 2. The van der Waals surface area contributed by atoms with Gasteiger partial charge >= 0.3 is 0 Å². The average molecular weight is 404 g/mol. The number of pyridine rings is 1. The minimum Gasteiger partial charge on any atom is -0.495 e. The van der Waals surface area contributed by atoms with Gasteiger partial charge in [0.2, 0.25) is 15.9 Å². The van der Waals surface area contributed by atoms with Gasteiger partial charge in [0.05, 0.1) is 7.11 Å². The first-order valence-corrected chi connectivity index (χ1v) is 10.6. The van der Waals surface area contributed by atoms with Crippen molar-refractivity contribution in [2.45, 2.75) is 44.2 Å². The summed E-state index contributed by atoms with van der Waals surface area (Å²) in [5, 5.41) is 2.85. The zero-order valence-corrected chi connectivity index (χ0v) is 17.1. The van der Waals surface area contributed by atoms with Crippen molar-refractivity contribution in [3.8, 4) is 5.75 Å². The maximum atomic E-state index is 13.6. The lowest BCUT2D eigenvalue weighted by atomic mass is 10.1. The van der Waals surface area contributed by atoms with Crippen LogP contribution in [0.4, 0.5) is 0 Å². The highest BCUT2D eigenvalue weighted by Gasteiger charge is 2.32. The van der Waals surface area contributed by atoms with E-state index in [2.05, 4.69) is 10.3 Å². The van der Waals surface area contributed by atoms with Gasteiger partial charge in [-0.25, -0.2) is 8.42 Å². The van der Waals surface area contributed by atoms with Crippen molar-refractivity contribution in [2.24, 2.45) is 0 Å². The van der Waals surface area contributed by atoms with E-state index in [1.165, 1.54) is 11.4 Å². The molecule has 1 aliphatic heterocycles. The van der Waals surface area contributed by atoms with Crippen molar-refractivity contribution in [3.63, 3.8) is 0 Å². The number of ether oxygens (including phenoxy) is 1. The molecule has 1 aromatic carbocycles. The van der Waals surface area contributed by atoms with E-state index >= 15 is 0 Å². The minimum atomic E-state index is -3.86. The van der Waals surface area contributed by atoms with Gasteiger partial charge < -0.3 is 10.1 Å². The van der Waals surface area contributed by atoms with E-state index in [1.807, 2.05) is 19.9 Å². The van der Waals surface area contributed by atoms with E-state index in [4.69, 9.17) is 4.74 Å². The fraction of sp³-hybridized carbons (Fsp3) is 0.400. The largest absolute Gasteiger partial charge is 0.495 e. The SMILES string of the molecule is COc1cc(C)c(C)cc1S(=O)(=O)N(Cc1cccnc1)C[C@@H]1CCC(=O)N1. The number of rotatable bonds is 7. The zero-order chi connectivity index (χ0) is 20.3. The lowest BCUT2D eigenvalue weighted by molar-refractivity contribution is -0.119. The summed E-state index contributed by atoms with van der Waals surface area (Å²) in [5.41, 5.74) is 2.60. The summed E-state index contributed by atoms with van der Waals surface area (Å²) in [6.45, 7) is 4.14. The maximum absolute atomic E-state index is 13.6. The fourth-order valence-corrected chi connectivity index (χ4v) is 4.96. The molecule has 1 fully saturated rings. The van der Waals surface area contributed by atoms with Crippen molar-refractivity contribution in [1.29, 1.82) is 0 Å². The van der Waals surface area contributed by atoms with Crippen LogP contribution in [0.2, 0.25) is 0 Å². The molecular weight excluding hydrogens is 378 g/mol. The van der Waals surface area contributed by atoms with Crippen molar-refractivity contribution in [2.75, 3.05) is 13.7 Å². The number of benzene rings is 1. The number of aromatic nitrogens is 1. The fourth-order valence-electron chi connectivity index (χ4n) is 3.27. The Morgan fingerprint density at radius 1 is 1.29 bits per heavy atom. The molecule has 0 radical (unpaired) electrons. The van der Waals surface area contributed by atoms with Crippen LogP contribution in [0, 0.1) is 13.8 Å². The lowest BCUT2D eigenvalue weighted by Crippen LogP contribution is -2.41. The number of nitrogens with zero attached hydrogens (tertiary/aromatic N) is 2. The molecule has 0 bridgehead atoms. The predicted octanol–water partition coefficient (Wildman–Crippen LogP) is 2.18. The Morgan fingerprint density at radius 3 is 2.64 bits per heavy atom. The van der Waals surface area contributed by atoms with Crippen molar-refractivity contribution in [1.82, 2.24) is 14.6 Å². The number of carbonyl (C=O) groups is 1. The summed E-state index contributed by atoms with van der Waals surface area (Å²) in [4.78, 5) is 15.8. The third kappa shape index (κ3) is 4.34. The Bertz CT molecular complexity index is 961. The first-order valence-electron chi connectivity index (χ1n) is 9.15. The van der Waals surface area contributed by atoms with Gasteiger partial charge in [0.15, 0.2) is 0 Å². The first-order chi connectivity index (χ1) is 13.3. The van der Waals surface area contributed by atoms with Crippen LogP contribution in [0.15, 0.2) is 41.6 Å². The van der Waals surface area contributed by atoms with E-state index in [-0.39, 0.29) is 29.9 Å². The summed E-state index contributed by atoms with van der Waals surface area (Å²) in [6.07, 6.45) is 4.32. The molecule has 3 rings (SSSR count). The Balaban J connectivity index is 2.00. The van der Waals surface area contributed by atoms with Crippen LogP contribution >= 0.6 is 0 Å². The molecule has 1 N–H and O–H groups in total. The van der Waals surface area contributed by atoms with Crippen molar-refractivity contribution in [3.05, 3.63) is 53.3 Å². The number of sulfonamides is 1. The molecule has 1 aliphatic rings. The Hall–Kier alpha value is -2.45. The van der Waals surface area contributed by atoms with Crippen LogP contribution in [0.3, 0.4) is 0 Å². The summed E-state index contributed by atoms with van der Waals surface area (Å²) in [7, 11) is -2.39. The molecule has 0 saturated carbocycles. The second-order valence-corrected chi connectivity index (χ2v) is 8.96. The molecule has 2 aromatic rings. The molecule has 1 aromatic heterocycles. The van der Waals surface area contributed by atoms with Crippen LogP contribution in [0.5, 0.6) is 5.75 Å². The van der Waals surface area contributed by atoms with Crippen molar-refractivity contribution >= 4 is 15.9 Å². The highest BCUT2D eigenvalue weighted by atomic mass is 32.2. The van der Waals surface area contributed by atoms with Gasteiger partial charge in [0.25, 0.3) is 0 Å². The monoisotopic (exact) mass is 403 g/mol. The number of hydrogen-bond acceptors (Lipinski definition) is 5. The van der Waals surface area contributed by atoms with Gasteiger partial charge in [-0.3, -0.25) is 9.78 Å². The molecule has 2 heterocycles. The van der Waals surface area contributed by atoms with E-state index in [0.29, 0.717) is 18.6 Å². The smallest absolute Gasteiger partial charge is 0.247 e. The maximum Gasteiger partial charge on any atom is 0.247 e. The van der Waals surface area contributed by atoms with E-state index in [0.717, 1.165) is 16.7 Å². The van der Waals surface area contributed by atoms with Crippen molar-refractivity contribution < 1.29 is 17.9 Å². The third-order valence-electron chi connectivity index (χ3n) is 4.99. The standard InChI is InChI=1S/C20H25N3O4S/c1-14-9-18(27-3)19(10-15(14)2)28(25,26)23(12-16-5-4-8-21-11-16)13-17-6-7-20(24)22-17/h4-5,8-11,17H,6-7,12-13H2,1-3H3,(H,22,24)/t17-/m0/s1. The highest BCUT2D eigenvalue weighted by molar-refractivity contribution is 7.89. The van der Waals surface area contributed by atoms with Crippen LogP contribution in [-0.4, -0.2) is 43.3 Å². The van der Waals surface area contributed by atoms with Crippen LogP contribution in [0.1, 0.15) is 29.5 Å². The molecule has 1 saturated heterocycles. The molecule has 0 spiro atoms. The first kappa shape index (κ1) is 20.3. The molecule has 150 valence electrons. The molecule has 8 heteroatoms.